The van der Waals surface area contributed by atoms with Gasteiger partial charge in [-0.1, -0.05) is 13.0 Å². The van der Waals surface area contributed by atoms with E-state index >= 15 is 0 Å². The first-order valence-electron chi connectivity index (χ1n) is 7.23. The standard InChI is InChI=1S/C12H10FN2.C6H5NO2.Ir/c1-2-11-12(15-8-7-14-11)9-3-5-10(13)6-4-9;8-6(9)5-3-1-2-4-7-5;/h3,5-8H,2H2,1H3;1-4H,(H,8,9);/q-1;;. The first-order chi connectivity index (χ1) is 11.6. The molecule has 131 valence electrons. The first-order valence-corrected chi connectivity index (χ1v) is 7.23. The second kappa shape index (κ2) is 10.4. The summed E-state index contributed by atoms with van der Waals surface area (Å²) in [4.78, 5) is 22.2. The summed E-state index contributed by atoms with van der Waals surface area (Å²) in [6.45, 7) is 2.01. The van der Waals surface area contributed by atoms with Crippen molar-refractivity contribution in [1.29, 1.82) is 0 Å². The number of aromatic carboxylic acids is 1. The molecule has 0 fully saturated rings. The second-order valence-corrected chi connectivity index (χ2v) is 4.65. The number of carbonyl (C=O) groups is 1. The summed E-state index contributed by atoms with van der Waals surface area (Å²) in [6, 6.07) is 12.0. The molecule has 0 aliphatic heterocycles. The Morgan fingerprint density at radius 1 is 1.12 bits per heavy atom. The zero-order valence-corrected chi connectivity index (χ0v) is 15.7. The molecule has 0 atom stereocenters. The van der Waals surface area contributed by atoms with Gasteiger partial charge in [0.25, 0.3) is 0 Å². The molecule has 1 N–H and O–H groups in total. The Labute approximate surface area is 158 Å². The van der Waals surface area contributed by atoms with Crippen molar-refractivity contribution in [3.63, 3.8) is 0 Å². The third-order valence-electron chi connectivity index (χ3n) is 3.02. The van der Waals surface area contributed by atoms with E-state index in [1.165, 1.54) is 24.4 Å². The maximum Gasteiger partial charge on any atom is 0.354 e. The Morgan fingerprint density at radius 2 is 1.88 bits per heavy atom. The number of benzene rings is 1. The van der Waals surface area contributed by atoms with E-state index in [9.17, 15) is 9.18 Å². The summed E-state index contributed by atoms with van der Waals surface area (Å²) in [5, 5.41) is 8.32. The minimum Gasteiger partial charge on any atom is -0.477 e. The van der Waals surface area contributed by atoms with Crippen molar-refractivity contribution in [2.24, 2.45) is 0 Å². The smallest absolute Gasteiger partial charge is 0.354 e. The van der Waals surface area contributed by atoms with E-state index in [2.05, 4.69) is 21.0 Å². The number of carboxylic acids is 1. The average Bonchev–Trinajstić information content (AvgIpc) is 2.63. The fourth-order valence-corrected chi connectivity index (χ4v) is 1.89. The Morgan fingerprint density at radius 3 is 2.40 bits per heavy atom. The van der Waals surface area contributed by atoms with E-state index in [-0.39, 0.29) is 31.6 Å². The largest absolute Gasteiger partial charge is 0.477 e. The van der Waals surface area contributed by atoms with Gasteiger partial charge in [0, 0.05) is 55.9 Å². The van der Waals surface area contributed by atoms with Crippen molar-refractivity contribution < 1.29 is 34.4 Å². The first kappa shape index (κ1) is 20.5. The van der Waals surface area contributed by atoms with Crippen molar-refractivity contribution in [3.8, 4) is 11.3 Å². The quantitative estimate of drug-likeness (QED) is 0.540. The van der Waals surface area contributed by atoms with Crippen LogP contribution in [0, 0.1) is 11.9 Å². The van der Waals surface area contributed by atoms with E-state index in [4.69, 9.17) is 5.11 Å². The molecule has 0 aliphatic rings. The summed E-state index contributed by atoms with van der Waals surface area (Å²) in [7, 11) is 0. The van der Waals surface area contributed by atoms with E-state index in [0.29, 0.717) is 0 Å². The van der Waals surface area contributed by atoms with E-state index in [1.807, 2.05) is 6.92 Å². The molecule has 0 bridgehead atoms. The molecule has 25 heavy (non-hydrogen) atoms. The van der Waals surface area contributed by atoms with Crippen LogP contribution in [-0.2, 0) is 26.5 Å². The molecule has 5 nitrogen and oxygen atoms in total. The number of rotatable bonds is 3. The summed E-state index contributed by atoms with van der Waals surface area (Å²) in [5.41, 5.74) is 2.54. The average molecular weight is 517 g/mol. The van der Waals surface area contributed by atoms with Crippen molar-refractivity contribution >= 4 is 5.97 Å². The third kappa shape index (κ3) is 6.14. The molecule has 3 aromatic rings. The van der Waals surface area contributed by atoms with Gasteiger partial charge in [-0.15, -0.1) is 29.8 Å². The van der Waals surface area contributed by atoms with Gasteiger partial charge in [-0.2, -0.15) is 0 Å². The molecule has 2 aromatic heterocycles. The van der Waals surface area contributed by atoms with Gasteiger partial charge in [0.15, 0.2) is 0 Å². The van der Waals surface area contributed by atoms with Gasteiger partial charge in [-0.25, -0.2) is 9.78 Å². The Bertz CT molecular complexity index is 799. The van der Waals surface area contributed by atoms with Gasteiger partial charge in [0.2, 0.25) is 0 Å². The number of hydrogen-bond acceptors (Lipinski definition) is 4. The maximum atomic E-state index is 12.7. The van der Waals surface area contributed by atoms with E-state index in [0.717, 1.165) is 23.4 Å². The summed E-state index contributed by atoms with van der Waals surface area (Å²) in [5.74, 6) is -1.28. The van der Waals surface area contributed by atoms with Crippen molar-refractivity contribution in [2.75, 3.05) is 0 Å². The summed E-state index contributed by atoms with van der Waals surface area (Å²) < 4.78 is 12.7. The van der Waals surface area contributed by atoms with Crippen LogP contribution in [0.2, 0.25) is 0 Å². The topological polar surface area (TPSA) is 76.0 Å². The fourth-order valence-electron chi connectivity index (χ4n) is 1.89. The Kier molecular flexibility index (Phi) is 8.53. The monoisotopic (exact) mass is 517 g/mol. The molecule has 3 rings (SSSR count). The Hall–Kier alpha value is -2.50. The normalized spacial score (nSPS) is 9.36. The van der Waals surface area contributed by atoms with Gasteiger partial charge in [0.05, 0.1) is 0 Å². The number of aryl methyl sites for hydroxylation is 1. The summed E-state index contributed by atoms with van der Waals surface area (Å²) >= 11 is 0. The molecular formula is C18H15FIrN3O2-. The van der Waals surface area contributed by atoms with Gasteiger partial charge in [-0.05, 0) is 18.6 Å². The number of carboxylic acid groups (broad SMARTS) is 1. The van der Waals surface area contributed by atoms with Crippen molar-refractivity contribution in [1.82, 2.24) is 15.0 Å². The molecule has 1 aromatic carbocycles. The van der Waals surface area contributed by atoms with Gasteiger partial charge >= 0.3 is 5.97 Å². The van der Waals surface area contributed by atoms with Crippen LogP contribution in [-0.4, -0.2) is 26.0 Å². The zero-order chi connectivity index (χ0) is 17.4. The zero-order valence-electron chi connectivity index (χ0n) is 13.3. The van der Waals surface area contributed by atoms with Crippen LogP contribution in [0.25, 0.3) is 11.3 Å². The second-order valence-electron chi connectivity index (χ2n) is 4.65. The number of aromatic nitrogens is 3. The van der Waals surface area contributed by atoms with Crippen molar-refractivity contribution in [3.05, 3.63) is 78.3 Å². The molecule has 7 heteroatoms. The fraction of sp³-hybridized carbons (Fsp3) is 0.111. The van der Waals surface area contributed by atoms with Gasteiger partial charge in [0.1, 0.15) is 5.69 Å². The minimum atomic E-state index is -0.990. The third-order valence-corrected chi connectivity index (χ3v) is 3.02. The van der Waals surface area contributed by atoms with Crippen LogP contribution in [0.1, 0.15) is 23.1 Å². The van der Waals surface area contributed by atoms with Crippen molar-refractivity contribution in [2.45, 2.75) is 13.3 Å². The molecular weight excluding hydrogens is 501 g/mol. The molecule has 0 spiro atoms. The molecule has 0 amide bonds. The van der Waals surface area contributed by atoms with Gasteiger partial charge in [-0.3, -0.25) is 9.37 Å². The predicted molar refractivity (Wildman–Crippen MR) is 86.8 cm³/mol. The van der Waals surface area contributed by atoms with Crippen LogP contribution in [0.15, 0.2) is 55.0 Å². The SMILES string of the molecule is CCc1nccnc1-c1[c-]cc(F)cc1.O=C(O)c1ccccn1.[Ir]. The molecule has 0 saturated carbocycles. The molecule has 2 heterocycles. The molecule has 0 saturated heterocycles. The number of nitrogens with zero attached hydrogens (tertiary/aromatic N) is 3. The van der Waals surface area contributed by atoms with Crippen LogP contribution < -0.4 is 0 Å². The Balaban J connectivity index is 0.000000270. The van der Waals surface area contributed by atoms with E-state index in [1.54, 1.807) is 30.6 Å². The minimum absolute atomic E-state index is 0. The number of hydrogen-bond donors (Lipinski definition) is 1. The van der Waals surface area contributed by atoms with E-state index < -0.39 is 5.97 Å². The van der Waals surface area contributed by atoms with Crippen LogP contribution in [0.4, 0.5) is 4.39 Å². The van der Waals surface area contributed by atoms with Gasteiger partial charge < -0.3 is 10.1 Å². The number of halogens is 1. The maximum absolute atomic E-state index is 12.7. The van der Waals surface area contributed by atoms with Crippen LogP contribution in [0.3, 0.4) is 0 Å². The molecule has 1 radical (unpaired) electrons. The predicted octanol–water partition coefficient (Wildman–Crippen LogP) is 3.42. The van der Waals surface area contributed by atoms with Crippen LogP contribution >= 0.6 is 0 Å². The molecule has 0 unspecified atom stereocenters. The molecule has 0 aliphatic carbocycles. The van der Waals surface area contributed by atoms with Crippen LogP contribution in [0.5, 0.6) is 0 Å². The summed E-state index contributed by atoms with van der Waals surface area (Å²) in [6.07, 6.45) is 5.54. The number of pyridine rings is 1.